The first-order valence-corrected chi connectivity index (χ1v) is 8.28. The lowest BCUT2D eigenvalue weighted by atomic mass is 10.2. The summed E-state index contributed by atoms with van der Waals surface area (Å²) in [6, 6.07) is 13.9. The highest BCUT2D eigenvalue weighted by molar-refractivity contribution is 6.34. The zero-order valence-corrected chi connectivity index (χ0v) is 15.0. The predicted octanol–water partition coefficient (Wildman–Crippen LogP) is 3.91. The van der Waals surface area contributed by atoms with Gasteiger partial charge in [0, 0.05) is 18.1 Å². The Bertz CT molecular complexity index is 962. The minimum atomic E-state index is -0.526. The fraction of sp³-hybridized carbons (Fsp3) is 0.0526. The van der Waals surface area contributed by atoms with Crippen LogP contribution >= 0.6 is 11.6 Å². The molecule has 27 heavy (non-hydrogen) atoms. The van der Waals surface area contributed by atoms with Crippen molar-refractivity contribution in [2.45, 2.75) is 0 Å². The van der Waals surface area contributed by atoms with Crippen molar-refractivity contribution >= 4 is 40.8 Å². The molecule has 0 saturated carbocycles. The van der Waals surface area contributed by atoms with E-state index in [4.69, 9.17) is 11.6 Å². The fourth-order valence-electron chi connectivity index (χ4n) is 2.22. The number of esters is 1. The summed E-state index contributed by atoms with van der Waals surface area (Å²) in [5.74, 6) is -0.615. The maximum Gasteiger partial charge on any atom is 0.337 e. The molecule has 2 aromatic carbocycles. The number of anilines is 3. The van der Waals surface area contributed by atoms with Crippen LogP contribution in [0.3, 0.4) is 0 Å². The highest BCUT2D eigenvalue weighted by atomic mass is 35.5. The van der Waals surface area contributed by atoms with Gasteiger partial charge in [-0.25, -0.2) is 14.8 Å². The van der Waals surface area contributed by atoms with Crippen LogP contribution in [-0.4, -0.2) is 29.0 Å². The molecule has 1 heterocycles. The maximum atomic E-state index is 12.4. The molecule has 136 valence electrons. The molecule has 0 radical (unpaired) electrons. The van der Waals surface area contributed by atoms with Crippen LogP contribution in [0.1, 0.15) is 20.7 Å². The average molecular weight is 383 g/mol. The van der Waals surface area contributed by atoms with Gasteiger partial charge >= 0.3 is 5.97 Å². The Labute approximate surface area is 160 Å². The number of methoxy groups -OCH3 is 1. The Morgan fingerprint density at radius 2 is 1.70 bits per heavy atom. The van der Waals surface area contributed by atoms with Gasteiger partial charge in [-0.05, 0) is 30.3 Å². The molecule has 3 rings (SSSR count). The molecule has 0 aliphatic rings. The average Bonchev–Trinajstić information content (AvgIpc) is 2.70. The van der Waals surface area contributed by atoms with Crippen molar-refractivity contribution in [1.82, 2.24) is 9.97 Å². The van der Waals surface area contributed by atoms with Gasteiger partial charge in [-0.3, -0.25) is 4.79 Å². The van der Waals surface area contributed by atoms with E-state index in [-0.39, 0.29) is 16.8 Å². The number of hydrogen-bond donors (Lipinski definition) is 2. The molecule has 1 aromatic heterocycles. The summed E-state index contributed by atoms with van der Waals surface area (Å²) in [4.78, 5) is 32.3. The van der Waals surface area contributed by atoms with Crippen LogP contribution in [0.5, 0.6) is 0 Å². The zero-order chi connectivity index (χ0) is 19.2. The van der Waals surface area contributed by atoms with E-state index in [1.807, 2.05) is 30.3 Å². The van der Waals surface area contributed by atoms with Crippen molar-refractivity contribution in [3.05, 3.63) is 77.1 Å². The molecule has 0 atom stereocenters. The van der Waals surface area contributed by atoms with Gasteiger partial charge in [-0.15, -0.1) is 0 Å². The first kappa shape index (κ1) is 18.3. The van der Waals surface area contributed by atoms with Crippen LogP contribution in [0.2, 0.25) is 5.02 Å². The van der Waals surface area contributed by atoms with Gasteiger partial charge in [0.05, 0.1) is 28.9 Å². The van der Waals surface area contributed by atoms with E-state index >= 15 is 0 Å². The number of hydrogen-bond acceptors (Lipinski definition) is 6. The van der Waals surface area contributed by atoms with E-state index in [1.54, 1.807) is 0 Å². The number of halogens is 1. The predicted molar refractivity (Wildman–Crippen MR) is 103 cm³/mol. The summed E-state index contributed by atoms with van der Waals surface area (Å²) in [5.41, 5.74) is 1.64. The van der Waals surface area contributed by atoms with Crippen molar-refractivity contribution < 1.29 is 14.3 Å². The molecule has 0 unspecified atom stereocenters. The molecule has 3 aromatic rings. The highest BCUT2D eigenvalue weighted by Crippen LogP contribution is 2.24. The summed E-state index contributed by atoms with van der Waals surface area (Å²) in [7, 11) is 1.28. The molecule has 0 spiro atoms. The van der Waals surface area contributed by atoms with Gasteiger partial charge in [0.25, 0.3) is 5.91 Å². The third kappa shape index (κ3) is 4.59. The van der Waals surface area contributed by atoms with Gasteiger partial charge in [-0.1, -0.05) is 29.8 Å². The van der Waals surface area contributed by atoms with Gasteiger partial charge in [0.2, 0.25) is 5.95 Å². The summed E-state index contributed by atoms with van der Waals surface area (Å²) >= 11 is 6.08. The Morgan fingerprint density at radius 1 is 1.00 bits per heavy atom. The third-order valence-electron chi connectivity index (χ3n) is 3.58. The van der Waals surface area contributed by atoms with E-state index in [2.05, 4.69) is 25.3 Å². The molecule has 8 heteroatoms. The van der Waals surface area contributed by atoms with Crippen molar-refractivity contribution in [1.29, 1.82) is 0 Å². The van der Waals surface area contributed by atoms with Crippen LogP contribution < -0.4 is 10.6 Å². The largest absolute Gasteiger partial charge is 0.465 e. The smallest absolute Gasteiger partial charge is 0.337 e. The molecule has 0 fully saturated rings. The quantitative estimate of drug-likeness (QED) is 0.650. The van der Waals surface area contributed by atoms with Gasteiger partial charge in [0.1, 0.15) is 0 Å². The van der Waals surface area contributed by atoms with Crippen molar-refractivity contribution in [3.8, 4) is 0 Å². The second-order valence-electron chi connectivity index (χ2n) is 5.43. The Kier molecular flexibility index (Phi) is 5.63. The summed E-state index contributed by atoms with van der Waals surface area (Å²) in [5, 5.41) is 5.96. The third-order valence-corrected chi connectivity index (χ3v) is 3.91. The topological polar surface area (TPSA) is 93.2 Å². The first-order chi connectivity index (χ1) is 13.1. The zero-order valence-electron chi connectivity index (χ0n) is 14.3. The van der Waals surface area contributed by atoms with Crippen molar-refractivity contribution in [3.63, 3.8) is 0 Å². The minimum Gasteiger partial charge on any atom is -0.465 e. The van der Waals surface area contributed by atoms with Gasteiger partial charge in [0.15, 0.2) is 0 Å². The Balaban J connectivity index is 1.72. The molecular weight excluding hydrogens is 368 g/mol. The normalized spacial score (nSPS) is 10.1. The second-order valence-corrected chi connectivity index (χ2v) is 5.83. The minimum absolute atomic E-state index is 0.244. The second kappa shape index (κ2) is 8.29. The number of para-hydroxylation sites is 1. The monoisotopic (exact) mass is 382 g/mol. The van der Waals surface area contributed by atoms with E-state index in [0.717, 1.165) is 5.69 Å². The van der Waals surface area contributed by atoms with E-state index in [9.17, 15) is 9.59 Å². The number of ether oxygens (including phenoxy) is 1. The van der Waals surface area contributed by atoms with Gasteiger partial charge in [-0.2, -0.15) is 0 Å². The summed E-state index contributed by atoms with van der Waals surface area (Å²) in [6.45, 7) is 0. The number of benzene rings is 2. The van der Waals surface area contributed by atoms with Crippen molar-refractivity contribution in [2.75, 3.05) is 17.7 Å². The molecule has 7 nitrogen and oxygen atoms in total. The van der Waals surface area contributed by atoms with Gasteiger partial charge < -0.3 is 15.4 Å². The Hall–Kier alpha value is -3.45. The number of nitrogens with one attached hydrogen (secondary N) is 2. The number of carbonyl (C=O) groups is 2. The highest BCUT2D eigenvalue weighted by Gasteiger charge is 2.13. The number of nitrogens with zero attached hydrogens (tertiary/aromatic N) is 2. The Morgan fingerprint density at radius 3 is 2.37 bits per heavy atom. The van der Waals surface area contributed by atoms with Crippen LogP contribution in [0.25, 0.3) is 0 Å². The molecule has 0 aliphatic carbocycles. The lowest BCUT2D eigenvalue weighted by molar-refractivity contribution is 0.0600. The van der Waals surface area contributed by atoms with Crippen LogP contribution in [0.15, 0.2) is 60.9 Å². The van der Waals surface area contributed by atoms with E-state index in [1.165, 1.54) is 37.7 Å². The molecular formula is C19H15ClN4O3. The standard InChI is InChI=1S/C19H15ClN4O3/c1-27-18(26)12-7-8-15(20)16(9-12)24-17(25)13-10-21-19(22-11-13)23-14-5-3-2-4-6-14/h2-11H,1H3,(H,24,25)(H,21,22,23). The SMILES string of the molecule is COC(=O)c1ccc(Cl)c(NC(=O)c2cnc(Nc3ccccc3)nc2)c1. The number of rotatable bonds is 5. The molecule has 1 amide bonds. The van der Waals surface area contributed by atoms with Crippen LogP contribution in [0.4, 0.5) is 17.3 Å². The summed E-state index contributed by atoms with van der Waals surface area (Å²) < 4.78 is 4.66. The first-order valence-electron chi connectivity index (χ1n) is 7.90. The maximum absolute atomic E-state index is 12.4. The van der Waals surface area contributed by atoms with E-state index < -0.39 is 11.9 Å². The van der Waals surface area contributed by atoms with Crippen molar-refractivity contribution in [2.24, 2.45) is 0 Å². The summed E-state index contributed by atoms with van der Waals surface area (Å²) in [6.07, 6.45) is 2.79. The lowest BCUT2D eigenvalue weighted by Gasteiger charge is -2.09. The number of carbonyl (C=O) groups excluding carboxylic acids is 2. The van der Waals surface area contributed by atoms with Crippen LogP contribution in [-0.2, 0) is 4.74 Å². The molecule has 0 saturated heterocycles. The number of aromatic nitrogens is 2. The van der Waals surface area contributed by atoms with E-state index in [0.29, 0.717) is 11.0 Å². The lowest BCUT2D eigenvalue weighted by Crippen LogP contribution is -2.14. The molecule has 2 N–H and O–H groups in total. The molecule has 0 bridgehead atoms. The molecule has 0 aliphatic heterocycles. The fourth-order valence-corrected chi connectivity index (χ4v) is 2.39. The van der Waals surface area contributed by atoms with Crippen LogP contribution in [0, 0.1) is 0 Å². The number of amides is 1.